The van der Waals surface area contributed by atoms with Gasteiger partial charge in [0, 0.05) is 5.56 Å². The molecule has 1 atom stereocenters. The van der Waals surface area contributed by atoms with Crippen molar-refractivity contribution in [1.82, 2.24) is 0 Å². The lowest BCUT2D eigenvalue weighted by Gasteiger charge is -2.43. The lowest BCUT2D eigenvalue weighted by Crippen LogP contribution is -2.33. The van der Waals surface area contributed by atoms with E-state index >= 15 is 0 Å². The van der Waals surface area contributed by atoms with Crippen LogP contribution in [0.25, 0.3) is 16.3 Å². The van der Waals surface area contributed by atoms with E-state index < -0.39 is 0 Å². The minimum absolute atomic E-state index is 0.0528. The first kappa shape index (κ1) is 26.1. The van der Waals surface area contributed by atoms with Crippen LogP contribution in [0.4, 0.5) is 0 Å². The predicted octanol–water partition coefficient (Wildman–Crippen LogP) is 9.14. The number of hydrogen-bond acceptors (Lipinski definition) is 2. The van der Waals surface area contributed by atoms with Crippen LogP contribution >= 0.6 is 0 Å². The fraction of sp³-hybridized carbons (Fsp3) is 0.412. The van der Waals surface area contributed by atoms with Crippen LogP contribution in [0.1, 0.15) is 59.1 Å². The second-order valence-corrected chi connectivity index (χ2v) is 11.3. The van der Waals surface area contributed by atoms with Crippen LogP contribution < -0.4 is 9.47 Å². The first-order valence-electron chi connectivity index (χ1n) is 13.3. The van der Waals surface area contributed by atoms with E-state index in [0.717, 1.165) is 29.9 Å². The van der Waals surface area contributed by atoms with Gasteiger partial charge in [-0.25, -0.2) is 0 Å². The molecule has 190 valence electrons. The molecular formula is C34H42O2. The van der Waals surface area contributed by atoms with E-state index in [1.165, 1.54) is 33.1 Å². The fourth-order valence-corrected chi connectivity index (χ4v) is 5.76. The zero-order valence-corrected chi connectivity index (χ0v) is 23.3. The molecule has 0 saturated heterocycles. The molecule has 1 unspecified atom stereocenters. The zero-order valence-electron chi connectivity index (χ0n) is 23.3. The van der Waals surface area contributed by atoms with Crippen LogP contribution in [0, 0.1) is 23.2 Å². The van der Waals surface area contributed by atoms with Gasteiger partial charge in [-0.2, -0.15) is 0 Å². The van der Waals surface area contributed by atoms with Gasteiger partial charge >= 0.3 is 0 Å². The van der Waals surface area contributed by atoms with Crippen molar-refractivity contribution in [3.63, 3.8) is 0 Å². The molecule has 0 heterocycles. The van der Waals surface area contributed by atoms with Crippen LogP contribution in [0.15, 0.2) is 77.9 Å². The van der Waals surface area contributed by atoms with Crippen LogP contribution in [0.2, 0.25) is 0 Å². The molecule has 0 N–H and O–H groups in total. The summed E-state index contributed by atoms with van der Waals surface area (Å²) >= 11 is 0. The summed E-state index contributed by atoms with van der Waals surface area (Å²) in [6.45, 7) is 14.1. The monoisotopic (exact) mass is 482 g/mol. The maximum Gasteiger partial charge on any atom is 0.126 e. The van der Waals surface area contributed by atoms with Crippen molar-refractivity contribution in [2.75, 3.05) is 14.2 Å². The second kappa shape index (κ2) is 10.5. The Kier molecular flexibility index (Phi) is 7.64. The zero-order chi connectivity index (χ0) is 26.0. The molecule has 4 rings (SSSR count). The summed E-state index contributed by atoms with van der Waals surface area (Å²) in [7, 11) is 3.50. The molecule has 0 aromatic heterocycles. The Morgan fingerprint density at radius 1 is 0.778 bits per heavy atom. The number of benzene rings is 3. The molecule has 0 aliphatic heterocycles. The summed E-state index contributed by atoms with van der Waals surface area (Å²) in [5.41, 5.74) is 6.90. The highest BCUT2D eigenvalue weighted by atomic mass is 16.5. The molecule has 36 heavy (non-hydrogen) atoms. The average molecular weight is 483 g/mol. The van der Waals surface area contributed by atoms with Gasteiger partial charge in [0.25, 0.3) is 0 Å². The van der Waals surface area contributed by atoms with Crippen molar-refractivity contribution in [2.24, 2.45) is 23.2 Å². The summed E-state index contributed by atoms with van der Waals surface area (Å²) < 4.78 is 11.5. The Morgan fingerprint density at radius 2 is 1.50 bits per heavy atom. The molecule has 0 saturated carbocycles. The third-order valence-corrected chi connectivity index (χ3v) is 8.06. The SMILES string of the molecule is COc1ccc(OC)c(C2=C(C(C)C)CC(Cc3ccc4ccccc4c3)(C(C)C)C=C2C(C)C)c1. The molecule has 3 aromatic rings. The first-order chi connectivity index (χ1) is 17.2. The first-order valence-corrected chi connectivity index (χ1v) is 13.3. The van der Waals surface area contributed by atoms with Crippen molar-refractivity contribution in [1.29, 1.82) is 0 Å². The third-order valence-electron chi connectivity index (χ3n) is 8.06. The summed E-state index contributed by atoms with van der Waals surface area (Å²) in [5.74, 6) is 3.08. The number of allylic oxidation sites excluding steroid dienone is 4. The van der Waals surface area contributed by atoms with Crippen molar-refractivity contribution in [2.45, 2.75) is 54.4 Å². The molecule has 0 radical (unpaired) electrons. The topological polar surface area (TPSA) is 18.5 Å². The Bertz CT molecular complexity index is 1290. The molecule has 1 aliphatic carbocycles. The standard InChI is InChI=1S/C34H42O2/c1-22(2)30-20-34(24(5)6,19-25-13-14-26-11-9-10-12-27(26)17-25)21-31(23(3)4)33(30)29-18-28(35-7)15-16-32(29)36-8/h9-18,20,22-24H,19,21H2,1-8H3. The smallest absolute Gasteiger partial charge is 0.126 e. The summed E-state index contributed by atoms with van der Waals surface area (Å²) in [6, 6.07) is 21.8. The van der Waals surface area contributed by atoms with E-state index in [9.17, 15) is 0 Å². The Hall–Kier alpha value is -3.00. The van der Waals surface area contributed by atoms with Crippen LogP contribution in [-0.2, 0) is 6.42 Å². The van der Waals surface area contributed by atoms with Gasteiger partial charge in [0.2, 0.25) is 0 Å². The van der Waals surface area contributed by atoms with Gasteiger partial charge in [0.05, 0.1) is 14.2 Å². The lowest BCUT2D eigenvalue weighted by atomic mass is 9.61. The molecule has 2 heteroatoms. The lowest BCUT2D eigenvalue weighted by molar-refractivity contribution is 0.248. The van der Waals surface area contributed by atoms with Crippen LogP contribution in [0.3, 0.4) is 0 Å². The van der Waals surface area contributed by atoms with Crippen molar-refractivity contribution in [3.8, 4) is 11.5 Å². The number of methoxy groups -OCH3 is 2. The average Bonchev–Trinajstić information content (AvgIpc) is 2.87. The highest BCUT2D eigenvalue weighted by Gasteiger charge is 2.39. The molecule has 1 aliphatic rings. The van der Waals surface area contributed by atoms with E-state index in [4.69, 9.17) is 9.47 Å². The molecule has 0 spiro atoms. The summed E-state index contributed by atoms with van der Waals surface area (Å²) in [5, 5.41) is 2.62. The Labute approximate surface area is 218 Å². The minimum Gasteiger partial charge on any atom is -0.497 e. The summed E-state index contributed by atoms with van der Waals surface area (Å²) in [6.07, 6.45) is 4.70. The maximum absolute atomic E-state index is 5.87. The minimum atomic E-state index is 0.0528. The predicted molar refractivity (Wildman–Crippen MR) is 154 cm³/mol. The van der Waals surface area contributed by atoms with Crippen LogP contribution in [0.5, 0.6) is 11.5 Å². The summed E-state index contributed by atoms with van der Waals surface area (Å²) in [4.78, 5) is 0. The van der Waals surface area contributed by atoms with Gasteiger partial charge < -0.3 is 9.47 Å². The van der Waals surface area contributed by atoms with Crippen molar-refractivity contribution < 1.29 is 9.47 Å². The quantitative estimate of drug-likeness (QED) is 0.319. The highest BCUT2D eigenvalue weighted by Crippen LogP contribution is 2.52. The van der Waals surface area contributed by atoms with Crippen molar-refractivity contribution >= 4 is 16.3 Å². The Morgan fingerprint density at radius 3 is 2.11 bits per heavy atom. The Balaban J connectivity index is 1.89. The third kappa shape index (κ3) is 4.96. The van der Waals surface area contributed by atoms with Gasteiger partial charge in [-0.15, -0.1) is 0 Å². The molecule has 3 aromatic carbocycles. The van der Waals surface area contributed by atoms with Crippen LogP contribution in [-0.4, -0.2) is 14.2 Å². The maximum atomic E-state index is 5.87. The van der Waals surface area contributed by atoms with E-state index in [1.807, 2.05) is 12.1 Å². The van der Waals surface area contributed by atoms with Gasteiger partial charge in [-0.3, -0.25) is 0 Å². The fourth-order valence-electron chi connectivity index (χ4n) is 5.76. The second-order valence-electron chi connectivity index (χ2n) is 11.3. The molecule has 0 bridgehead atoms. The van der Waals surface area contributed by atoms with E-state index in [0.29, 0.717) is 17.8 Å². The molecular weight excluding hydrogens is 440 g/mol. The number of hydrogen-bond donors (Lipinski definition) is 0. The van der Waals surface area contributed by atoms with Gasteiger partial charge in [0.15, 0.2) is 0 Å². The van der Waals surface area contributed by atoms with E-state index in [2.05, 4.69) is 96.1 Å². The van der Waals surface area contributed by atoms with Gasteiger partial charge in [0.1, 0.15) is 11.5 Å². The number of fused-ring (bicyclic) bond motifs is 1. The molecule has 2 nitrogen and oxygen atoms in total. The molecule has 0 fully saturated rings. The normalized spacial score (nSPS) is 18.4. The van der Waals surface area contributed by atoms with Crippen molar-refractivity contribution in [3.05, 3.63) is 89.0 Å². The highest BCUT2D eigenvalue weighted by molar-refractivity contribution is 5.87. The van der Waals surface area contributed by atoms with Gasteiger partial charge in [-0.1, -0.05) is 95.7 Å². The number of rotatable bonds is 8. The largest absolute Gasteiger partial charge is 0.497 e. The van der Waals surface area contributed by atoms with E-state index in [-0.39, 0.29) is 5.41 Å². The van der Waals surface area contributed by atoms with Gasteiger partial charge in [-0.05, 0) is 81.7 Å². The number of ether oxygens (including phenoxy) is 2. The molecule has 0 amide bonds. The van der Waals surface area contributed by atoms with E-state index in [1.54, 1.807) is 14.2 Å².